The minimum atomic E-state index is 0.106. The molecule has 0 bridgehead atoms. The first kappa shape index (κ1) is 15.0. The standard InChI is InChI=1S/C16H22N2OS2/c1-9-7-5-4-6-8-12(9)18-15(19)13-10(2)11(3)21-14(13)17-16(18)20/h9,12H,4-8H2,1-3H3,(H,17,20). The lowest BCUT2D eigenvalue weighted by molar-refractivity contribution is 0.322. The normalized spacial score (nSPS) is 23.4. The first-order valence-electron chi connectivity index (χ1n) is 7.75. The van der Waals surface area contributed by atoms with Gasteiger partial charge in [0.05, 0.1) is 5.39 Å². The Morgan fingerprint density at radius 3 is 2.71 bits per heavy atom. The van der Waals surface area contributed by atoms with Crippen LogP contribution < -0.4 is 5.56 Å². The lowest BCUT2D eigenvalue weighted by atomic mass is 9.96. The molecule has 1 saturated carbocycles. The number of H-pyrrole nitrogens is 1. The van der Waals surface area contributed by atoms with E-state index in [0.29, 0.717) is 10.7 Å². The van der Waals surface area contributed by atoms with E-state index >= 15 is 0 Å². The molecule has 21 heavy (non-hydrogen) atoms. The Morgan fingerprint density at radius 2 is 1.95 bits per heavy atom. The summed E-state index contributed by atoms with van der Waals surface area (Å²) in [6, 6.07) is 0.243. The van der Waals surface area contributed by atoms with Crippen molar-refractivity contribution in [3.05, 3.63) is 25.6 Å². The molecule has 1 N–H and O–H groups in total. The van der Waals surface area contributed by atoms with Gasteiger partial charge in [0.1, 0.15) is 4.83 Å². The fourth-order valence-electron chi connectivity index (χ4n) is 3.50. The maximum absolute atomic E-state index is 13.0. The van der Waals surface area contributed by atoms with E-state index < -0.39 is 0 Å². The number of hydrogen-bond donors (Lipinski definition) is 1. The molecule has 0 saturated heterocycles. The van der Waals surface area contributed by atoms with Gasteiger partial charge in [-0.1, -0.05) is 26.2 Å². The first-order chi connectivity index (χ1) is 10.0. The zero-order chi connectivity index (χ0) is 15.1. The van der Waals surface area contributed by atoms with Gasteiger partial charge in [0, 0.05) is 10.9 Å². The summed E-state index contributed by atoms with van der Waals surface area (Å²) in [4.78, 5) is 18.4. The fraction of sp³-hybridized carbons (Fsp3) is 0.625. The molecule has 1 fully saturated rings. The molecule has 0 radical (unpaired) electrons. The second-order valence-electron chi connectivity index (χ2n) is 6.28. The van der Waals surface area contributed by atoms with E-state index in [0.717, 1.165) is 22.2 Å². The molecule has 0 aromatic carbocycles. The SMILES string of the molecule is Cc1sc2[nH]c(=S)n(C3CCCCCC3C)c(=O)c2c1C. The van der Waals surface area contributed by atoms with Crippen molar-refractivity contribution in [1.82, 2.24) is 9.55 Å². The maximum Gasteiger partial charge on any atom is 0.263 e. The Hall–Kier alpha value is -0.940. The molecule has 2 atom stereocenters. The van der Waals surface area contributed by atoms with Crippen molar-refractivity contribution in [3.8, 4) is 0 Å². The van der Waals surface area contributed by atoms with E-state index in [1.54, 1.807) is 11.3 Å². The number of thiophene rings is 1. The zero-order valence-electron chi connectivity index (χ0n) is 12.9. The van der Waals surface area contributed by atoms with Crippen LogP contribution >= 0.6 is 23.6 Å². The van der Waals surface area contributed by atoms with Crippen LogP contribution in [0.4, 0.5) is 0 Å². The second-order valence-corrected chi connectivity index (χ2v) is 7.89. The molecule has 2 unspecified atom stereocenters. The molecule has 1 aliphatic carbocycles. The number of rotatable bonds is 1. The highest BCUT2D eigenvalue weighted by Gasteiger charge is 2.25. The molecule has 5 heteroatoms. The summed E-state index contributed by atoms with van der Waals surface area (Å²) in [5.41, 5.74) is 1.20. The van der Waals surface area contributed by atoms with E-state index in [1.165, 1.54) is 30.6 Å². The van der Waals surface area contributed by atoms with E-state index in [2.05, 4.69) is 18.8 Å². The summed E-state index contributed by atoms with van der Waals surface area (Å²) in [6.45, 7) is 6.36. The van der Waals surface area contributed by atoms with Crippen LogP contribution in [0.25, 0.3) is 10.2 Å². The van der Waals surface area contributed by atoms with Crippen molar-refractivity contribution in [2.75, 3.05) is 0 Å². The van der Waals surface area contributed by atoms with Gasteiger partial charge in [-0.25, -0.2) is 0 Å². The lowest BCUT2D eigenvalue weighted by Gasteiger charge is -2.24. The van der Waals surface area contributed by atoms with Crippen molar-refractivity contribution >= 4 is 33.8 Å². The van der Waals surface area contributed by atoms with Crippen molar-refractivity contribution < 1.29 is 0 Å². The van der Waals surface area contributed by atoms with Gasteiger partial charge in [0.2, 0.25) is 0 Å². The van der Waals surface area contributed by atoms with Crippen LogP contribution in [-0.4, -0.2) is 9.55 Å². The Bertz CT molecular complexity index is 784. The Kier molecular flexibility index (Phi) is 4.06. The van der Waals surface area contributed by atoms with Gasteiger partial charge in [0.25, 0.3) is 5.56 Å². The van der Waals surface area contributed by atoms with Gasteiger partial charge in [-0.3, -0.25) is 9.36 Å². The lowest BCUT2D eigenvalue weighted by Crippen LogP contribution is -2.29. The fourth-order valence-corrected chi connectivity index (χ4v) is 4.94. The molecule has 0 amide bonds. The molecule has 0 spiro atoms. The third-order valence-electron chi connectivity index (χ3n) is 4.91. The van der Waals surface area contributed by atoms with Crippen molar-refractivity contribution in [2.45, 2.75) is 58.9 Å². The van der Waals surface area contributed by atoms with Crippen LogP contribution in [0, 0.1) is 24.5 Å². The molecule has 2 aromatic heterocycles. The summed E-state index contributed by atoms with van der Waals surface area (Å²) < 4.78 is 2.46. The smallest absolute Gasteiger partial charge is 0.263 e. The molecule has 3 rings (SSSR count). The number of aromatic amines is 1. The number of aryl methyl sites for hydroxylation is 2. The summed E-state index contributed by atoms with van der Waals surface area (Å²) in [7, 11) is 0. The molecule has 2 heterocycles. The van der Waals surface area contributed by atoms with Gasteiger partial charge in [-0.15, -0.1) is 11.3 Å². The van der Waals surface area contributed by atoms with Gasteiger partial charge in [-0.05, 0) is 50.4 Å². The third-order valence-corrected chi connectivity index (χ3v) is 6.33. The van der Waals surface area contributed by atoms with E-state index in [4.69, 9.17) is 12.2 Å². The summed E-state index contributed by atoms with van der Waals surface area (Å²) in [5.74, 6) is 0.512. The monoisotopic (exact) mass is 322 g/mol. The molecule has 1 aliphatic rings. The Morgan fingerprint density at radius 1 is 1.24 bits per heavy atom. The average Bonchev–Trinajstić information content (AvgIpc) is 2.60. The highest BCUT2D eigenvalue weighted by atomic mass is 32.1. The summed E-state index contributed by atoms with van der Waals surface area (Å²) >= 11 is 7.14. The van der Waals surface area contributed by atoms with E-state index in [-0.39, 0.29) is 11.6 Å². The quantitative estimate of drug-likeness (QED) is 0.600. The maximum atomic E-state index is 13.0. The largest absolute Gasteiger partial charge is 0.323 e. The summed E-state index contributed by atoms with van der Waals surface area (Å²) in [6.07, 6.45) is 5.97. The number of nitrogens with zero attached hydrogens (tertiary/aromatic N) is 1. The molecular formula is C16H22N2OS2. The van der Waals surface area contributed by atoms with Gasteiger partial charge in [0.15, 0.2) is 4.77 Å². The van der Waals surface area contributed by atoms with Gasteiger partial charge < -0.3 is 4.98 Å². The molecule has 3 nitrogen and oxygen atoms in total. The van der Waals surface area contributed by atoms with Crippen molar-refractivity contribution in [3.63, 3.8) is 0 Å². The highest BCUT2D eigenvalue weighted by Crippen LogP contribution is 2.33. The highest BCUT2D eigenvalue weighted by molar-refractivity contribution is 7.71. The van der Waals surface area contributed by atoms with Gasteiger partial charge in [-0.2, -0.15) is 0 Å². The average molecular weight is 322 g/mol. The third kappa shape index (κ3) is 2.50. The second kappa shape index (κ2) is 5.69. The van der Waals surface area contributed by atoms with Crippen LogP contribution in [0.3, 0.4) is 0 Å². The molecular weight excluding hydrogens is 300 g/mol. The van der Waals surface area contributed by atoms with Gasteiger partial charge >= 0.3 is 0 Å². The molecule has 0 aliphatic heterocycles. The summed E-state index contributed by atoms with van der Waals surface area (Å²) in [5, 5.41) is 0.836. The first-order valence-corrected chi connectivity index (χ1v) is 8.97. The zero-order valence-corrected chi connectivity index (χ0v) is 14.5. The van der Waals surface area contributed by atoms with Crippen LogP contribution in [0.1, 0.15) is 55.5 Å². The molecule has 2 aromatic rings. The number of aromatic nitrogens is 2. The Labute approximate surface area is 134 Å². The number of nitrogens with one attached hydrogen (secondary N) is 1. The predicted molar refractivity (Wildman–Crippen MR) is 92.0 cm³/mol. The minimum Gasteiger partial charge on any atom is -0.323 e. The van der Waals surface area contributed by atoms with Crippen LogP contribution in [0.5, 0.6) is 0 Å². The van der Waals surface area contributed by atoms with E-state index in [9.17, 15) is 4.79 Å². The van der Waals surface area contributed by atoms with Crippen LogP contribution in [0.2, 0.25) is 0 Å². The number of hydrogen-bond acceptors (Lipinski definition) is 3. The molecule has 114 valence electrons. The topological polar surface area (TPSA) is 37.8 Å². The van der Waals surface area contributed by atoms with Crippen molar-refractivity contribution in [2.24, 2.45) is 5.92 Å². The minimum absolute atomic E-state index is 0.106. The number of fused-ring (bicyclic) bond motifs is 1. The Balaban J connectivity index is 2.24. The van der Waals surface area contributed by atoms with Crippen LogP contribution in [0.15, 0.2) is 4.79 Å². The van der Waals surface area contributed by atoms with Crippen LogP contribution in [-0.2, 0) is 0 Å². The van der Waals surface area contributed by atoms with Crippen molar-refractivity contribution in [1.29, 1.82) is 0 Å². The van der Waals surface area contributed by atoms with E-state index in [1.807, 2.05) is 11.5 Å². The predicted octanol–water partition coefficient (Wildman–Crippen LogP) is 4.88.